The fourth-order valence-corrected chi connectivity index (χ4v) is 3.11. The first-order valence-corrected chi connectivity index (χ1v) is 8.39. The number of benzene rings is 1. The molecule has 4 N–H and O–H groups in total. The minimum absolute atomic E-state index is 0.119. The molecule has 1 saturated heterocycles. The molecule has 2 heterocycles. The van der Waals surface area contributed by atoms with E-state index in [0.717, 1.165) is 24.0 Å². The van der Waals surface area contributed by atoms with Gasteiger partial charge in [-0.2, -0.15) is 0 Å². The summed E-state index contributed by atoms with van der Waals surface area (Å²) < 4.78 is 0. The average molecular weight is 352 g/mol. The highest BCUT2D eigenvalue weighted by Crippen LogP contribution is 2.22. The van der Waals surface area contributed by atoms with Crippen molar-refractivity contribution in [3.05, 3.63) is 53.9 Å². The number of rotatable bonds is 4. The predicted octanol–water partition coefficient (Wildman–Crippen LogP) is 1.18. The number of hydrogen-bond donors (Lipinski definition) is 2. The van der Waals surface area contributed by atoms with Crippen molar-refractivity contribution in [1.29, 1.82) is 0 Å². The van der Waals surface area contributed by atoms with Crippen molar-refractivity contribution in [2.45, 2.75) is 12.8 Å². The number of nitrogens with two attached hydrogens (primary N) is 2. The Bertz CT molecular complexity index is 848. The zero-order valence-electron chi connectivity index (χ0n) is 14.2. The van der Waals surface area contributed by atoms with Crippen LogP contribution in [-0.4, -0.2) is 40.7 Å². The van der Waals surface area contributed by atoms with E-state index in [1.807, 2.05) is 0 Å². The van der Waals surface area contributed by atoms with Gasteiger partial charge < -0.3 is 16.4 Å². The fraction of sp³-hybridized carbons (Fsp3) is 0.263. The first kappa shape index (κ1) is 17.6. The molecule has 7 nitrogen and oxygen atoms in total. The maximum absolute atomic E-state index is 12.7. The normalized spacial score (nSPS) is 16.9. The highest BCUT2D eigenvalue weighted by atomic mass is 16.2. The van der Waals surface area contributed by atoms with Gasteiger partial charge in [0.15, 0.2) is 0 Å². The van der Waals surface area contributed by atoms with Crippen LogP contribution in [0.4, 0.5) is 0 Å². The van der Waals surface area contributed by atoms with Crippen LogP contribution < -0.4 is 11.5 Å². The zero-order chi connectivity index (χ0) is 18.7. The first-order chi connectivity index (χ1) is 12.5. The second kappa shape index (κ2) is 7.35. The van der Waals surface area contributed by atoms with Crippen LogP contribution in [0.3, 0.4) is 0 Å². The Balaban J connectivity index is 1.77. The Labute approximate surface area is 151 Å². The molecule has 0 aliphatic carbocycles. The van der Waals surface area contributed by atoms with Gasteiger partial charge in [-0.15, -0.1) is 0 Å². The molecule has 0 saturated carbocycles. The van der Waals surface area contributed by atoms with Crippen molar-refractivity contribution in [2.24, 2.45) is 17.4 Å². The van der Waals surface area contributed by atoms with E-state index in [0.29, 0.717) is 24.2 Å². The van der Waals surface area contributed by atoms with Gasteiger partial charge in [0.05, 0.1) is 11.5 Å². The smallest absolute Gasteiger partial charge is 0.253 e. The number of hydrogen-bond acceptors (Lipinski definition) is 4. The van der Waals surface area contributed by atoms with E-state index in [-0.39, 0.29) is 17.7 Å². The molecule has 2 aromatic rings. The average Bonchev–Trinajstić information content (AvgIpc) is 2.67. The molecule has 3 rings (SSSR count). The number of likely N-dealkylation sites (tertiary alicyclic amines) is 1. The summed E-state index contributed by atoms with van der Waals surface area (Å²) in [6.45, 7) is 0.982. The Morgan fingerprint density at radius 2 is 1.73 bits per heavy atom. The lowest BCUT2D eigenvalue weighted by Gasteiger charge is -2.31. The number of carbonyl (C=O) groups excluding carboxylic acids is 3. The number of amides is 3. The lowest BCUT2D eigenvalue weighted by molar-refractivity contribution is -0.123. The quantitative estimate of drug-likeness (QED) is 0.858. The van der Waals surface area contributed by atoms with Crippen molar-refractivity contribution < 1.29 is 14.4 Å². The number of carbonyl (C=O) groups is 3. The van der Waals surface area contributed by atoms with Crippen molar-refractivity contribution in [3.63, 3.8) is 0 Å². The van der Waals surface area contributed by atoms with Crippen LogP contribution in [0.2, 0.25) is 0 Å². The van der Waals surface area contributed by atoms with Crippen LogP contribution in [0.25, 0.3) is 11.1 Å². The molecule has 0 bridgehead atoms. The fourth-order valence-electron chi connectivity index (χ4n) is 3.11. The molecule has 1 aliphatic rings. The standard InChI is InChI=1S/C19H20N4O3/c20-17(24)14-2-1-7-23(11-14)19(26)13-5-3-12(4-6-13)15-8-16(18(21)25)10-22-9-15/h3-6,8-10,14H,1-2,7,11H2,(H2,20,24)(H2,21,25)/t14-/m0/s1. The zero-order valence-corrected chi connectivity index (χ0v) is 14.2. The van der Waals surface area contributed by atoms with Gasteiger partial charge in [-0.3, -0.25) is 19.4 Å². The van der Waals surface area contributed by atoms with E-state index in [9.17, 15) is 14.4 Å². The van der Waals surface area contributed by atoms with Gasteiger partial charge >= 0.3 is 0 Å². The number of pyridine rings is 1. The van der Waals surface area contributed by atoms with Crippen molar-refractivity contribution >= 4 is 17.7 Å². The predicted molar refractivity (Wildman–Crippen MR) is 96.0 cm³/mol. The van der Waals surface area contributed by atoms with Gasteiger partial charge in [-0.05, 0) is 36.6 Å². The van der Waals surface area contributed by atoms with Gasteiger partial charge in [-0.1, -0.05) is 12.1 Å². The van der Waals surface area contributed by atoms with Crippen LogP contribution in [0.1, 0.15) is 33.6 Å². The maximum atomic E-state index is 12.7. The van der Waals surface area contributed by atoms with Crippen LogP contribution in [0.15, 0.2) is 42.7 Å². The summed E-state index contributed by atoms with van der Waals surface area (Å²) in [5.74, 6) is -1.30. The minimum atomic E-state index is -0.541. The largest absolute Gasteiger partial charge is 0.369 e. The molecule has 1 aromatic carbocycles. The van der Waals surface area contributed by atoms with Gasteiger partial charge in [-0.25, -0.2) is 0 Å². The van der Waals surface area contributed by atoms with Crippen molar-refractivity contribution in [2.75, 3.05) is 13.1 Å². The number of primary amides is 2. The van der Waals surface area contributed by atoms with E-state index >= 15 is 0 Å². The van der Waals surface area contributed by atoms with E-state index in [1.54, 1.807) is 41.4 Å². The Hall–Kier alpha value is -3.22. The highest BCUT2D eigenvalue weighted by Gasteiger charge is 2.27. The molecule has 0 unspecified atom stereocenters. The number of aromatic nitrogens is 1. The first-order valence-electron chi connectivity index (χ1n) is 8.39. The third-order valence-corrected chi connectivity index (χ3v) is 4.60. The summed E-state index contributed by atoms with van der Waals surface area (Å²) in [5, 5.41) is 0. The minimum Gasteiger partial charge on any atom is -0.369 e. The van der Waals surface area contributed by atoms with Crippen molar-refractivity contribution in [1.82, 2.24) is 9.88 Å². The van der Waals surface area contributed by atoms with Gasteiger partial charge in [0.2, 0.25) is 11.8 Å². The second-order valence-electron chi connectivity index (χ2n) is 6.40. The Morgan fingerprint density at radius 1 is 1.00 bits per heavy atom. The van der Waals surface area contributed by atoms with Crippen LogP contribution in [-0.2, 0) is 4.79 Å². The molecular weight excluding hydrogens is 332 g/mol. The topological polar surface area (TPSA) is 119 Å². The monoisotopic (exact) mass is 352 g/mol. The van der Waals surface area contributed by atoms with E-state index in [1.165, 1.54) is 6.20 Å². The summed E-state index contributed by atoms with van der Waals surface area (Å²) >= 11 is 0. The third kappa shape index (κ3) is 3.72. The SMILES string of the molecule is NC(=O)c1cncc(-c2ccc(C(=O)N3CCC[C@H](C(N)=O)C3)cc2)c1. The Kier molecular flexibility index (Phi) is 4.97. The van der Waals surface area contributed by atoms with Crippen LogP contribution in [0, 0.1) is 5.92 Å². The Morgan fingerprint density at radius 3 is 2.38 bits per heavy atom. The molecule has 3 amide bonds. The van der Waals surface area contributed by atoms with E-state index in [4.69, 9.17) is 11.5 Å². The molecular formula is C19H20N4O3. The second-order valence-corrected chi connectivity index (χ2v) is 6.40. The van der Waals surface area contributed by atoms with E-state index in [2.05, 4.69) is 4.98 Å². The molecule has 1 aromatic heterocycles. The van der Waals surface area contributed by atoms with E-state index < -0.39 is 5.91 Å². The molecule has 1 fully saturated rings. The maximum Gasteiger partial charge on any atom is 0.253 e. The number of nitrogens with zero attached hydrogens (tertiary/aromatic N) is 2. The summed E-state index contributed by atoms with van der Waals surface area (Å²) in [4.78, 5) is 41.0. The summed E-state index contributed by atoms with van der Waals surface area (Å²) in [5.41, 5.74) is 13.1. The molecule has 134 valence electrons. The molecule has 26 heavy (non-hydrogen) atoms. The lowest BCUT2D eigenvalue weighted by atomic mass is 9.96. The highest BCUT2D eigenvalue weighted by molar-refractivity contribution is 5.96. The lowest BCUT2D eigenvalue weighted by Crippen LogP contribution is -2.44. The molecule has 1 aliphatic heterocycles. The molecule has 0 radical (unpaired) electrons. The molecule has 0 spiro atoms. The third-order valence-electron chi connectivity index (χ3n) is 4.60. The van der Waals surface area contributed by atoms with Gasteiger partial charge in [0, 0.05) is 36.6 Å². The summed E-state index contributed by atoms with van der Waals surface area (Å²) in [6, 6.07) is 8.70. The van der Waals surface area contributed by atoms with Crippen molar-refractivity contribution in [3.8, 4) is 11.1 Å². The van der Waals surface area contributed by atoms with Gasteiger partial charge in [0.1, 0.15) is 0 Å². The summed E-state index contributed by atoms with van der Waals surface area (Å²) in [7, 11) is 0. The van der Waals surface area contributed by atoms with Crippen LogP contribution in [0.5, 0.6) is 0 Å². The molecule has 7 heteroatoms. The number of piperidine rings is 1. The molecule has 1 atom stereocenters. The van der Waals surface area contributed by atoms with Gasteiger partial charge in [0.25, 0.3) is 5.91 Å². The summed E-state index contributed by atoms with van der Waals surface area (Å²) in [6.07, 6.45) is 4.53. The van der Waals surface area contributed by atoms with Crippen LogP contribution >= 0.6 is 0 Å².